The van der Waals surface area contributed by atoms with Crippen molar-refractivity contribution in [1.29, 1.82) is 0 Å². The molecule has 0 nitrogen and oxygen atoms in total. The summed E-state index contributed by atoms with van der Waals surface area (Å²) in [5.41, 5.74) is 3.36. The maximum atomic E-state index is 2.68. The minimum absolute atomic E-state index is 0. The van der Waals surface area contributed by atoms with E-state index >= 15 is 0 Å². The molecule has 0 amide bonds. The van der Waals surface area contributed by atoms with E-state index in [9.17, 15) is 0 Å². The van der Waals surface area contributed by atoms with E-state index in [-0.39, 0.29) is 24.8 Å². The minimum Gasteiger partial charge on any atom is -1.00 e. The first-order valence-corrected chi connectivity index (χ1v) is 17.7. The second-order valence-corrected chi connectivity index (χ2v) is 20.2. The average molecular weight is 493 g/mol. The van der Waals surface area contributed by atoms with Gasteiger partial charge in [0.25, 0.3) is 0 Å². The van der Waals surface area contributed by atoms with Crippen LogP contribution in [0, 0.1) is 11.8 Å². The van der Waals surface area contributed by atoms with E-state index in [2.05, 4.69) is 84.3 Å². The molecule has 0 aromatic carbocycles. The Morgan fingerprint density at radius 3 is 2.04 bits per heavy atom. The van der Waals surface area contributed by atoms with Crippen LogP contribution in [0.5, 0.6) is 0 Å². The van der Waals surface area contributed by atoms with Crippen molar-refractivity contribution in [3.8, 4) is 0 Å². The second kappa shape index (κ2) is 10.4. The fourth-order valence-electron chi connectivity index (χ4n) is 3.92. The third-order valence-corrected chi connectivity index (χ3v) is 20.3. The number of hydrogen-bond acceptors (Lipinski definition) is 0. The van der Waals surface area contributed by atoms with Crippen molar-refractivity contribution in [2.24, 2.45) is 11.8 Å². The molecule has 0 aromatic heterocycles. The molecule has 2 unspecified atom stereocenters. The standard InChI is InChI=1S/C11H17.C9H17Si2.2ClH.Zr/c1-8(2)10-5-6-11(7-10)9(3)4;1-10(2)8-6-5-7-9(8)11(3)4;;;/h5-9H,1-4H3;5-7,10-11H,1-4H3;2*1H;/q;;;;+2/p-2. The zero-order valence-corrected chi connectivity index (χ0v) is 23.3. The van der Waals surface area contributed by atoms with Crippen LogP contribution in [0.15, 0.2) is 46.7 Å². The smallest absolute Gasteiger partial charge is 1.00 e. The molecule has 2 rings (SSSR count). The molecule has 0 spiro atoms. The summed E-state index contributed by atoms with van der Waals surface area (Å²) in [5, 5.41) is 1.90. The number of hydrogen-bond donors (Lipinski definition) is 0. The Hall–Kier alpha value is 0.857. The van der Waals surface area contributed by atoms with Gasteiger partial charge in [-0.15, -0.1) is 0 Å². The van der Waals surface area contributed by atoms with Gasteiger partial charge in [0.1, 0.15) is 0 Å². The fraction of sp³-hybridized carbons (Fsp3) is 0.600. The molecular formula is C20H34Cl2Si2Zr. The van der Waals surface area contributed by atoms with Crippen molar-refractivity contribution in [3.63, 3.8) is 0 Å². The zero-order valence-electron chi connectivity index (χ0n) is 17.0. The Bertz CT molecular complexity index is 574. The molecule has 0 saturated heterocycles. The predicted octanol–water partition coefficient (Wildman–Crippen LogP) is -0.249. The Morgan fingerprint density at radius 1 is 1.00 bits per heavy atom. The summed E-state index contributed by atoms with van der Waals surface area (Å²) < 4.78 is 1.43. The van der Waals surface area contributed by atoms with Crippen LogP contribution < -0.4 is 24.8 Å². The van der Waals surface area contributed by atoms with Crippen LogP contribution in [0.3, 0.4) is 0 Å². The van der Waals surface area contributed by atoms with Gasteiger partial charge in [0, 0.05) is 0 Å². The van der Waals surface area contributed by atoms with Gasteiger partial charge in [0.05, 0.1) is 0 Å². The first-order valence-electron chi connectivity index (χ1n) is 9.29. The largest absolute Gasteiger partial charge is 1.00 e. The molecule has 0 heterocycles. The van der Waals surface area contributed by atoms with Crippen LogP contribution in [-0.2, 0) is 23.2 Å². The van der Waals surface area contributed by atoms with Gasteiger partial charge in [-0.05, 0) is 0 Å². The molecule has 25 heavy (non-hydrogen) atoms. The molecule has 2 aliphatic carbocycles. The van der Waals surface area contributed by atoms with E-state index in [4.69, 9.17) is 0 Å². The SMILES string of the molecule is CC(C)C1=C[CH]([Zr+2][C]2([SiH](C)C)C=CC=C2[SiH](C)C)C(C(C)C)=C1.[Cl-].[Cl-]. The molecule has 0 radical (unpaired) electrons. The van der Waals surface area contributed by atoms with Crippen molar-refractivity contribution < 1.29 is 48.0 Å². The van der Waals surface area contributed by atoms with E-state index in [0.29, 0.717) is 14.6 Å². The quantitative estimate of drug-likeness (QED) is 0.449. The van der Waals surface area contributed by atoms with E-state index in [1.807, 2.05) is 5.20 Å². The molecule has 0 fully saturated rings. The third kappa shape index (κ3) is 5.44. The summed E-state index contributed by atoms with van der Waals surface area (Å²) >= 11 is -0.588. The Morgan fingerprint density at radius 2 is 1.60 bits per heavy atom. The Kier molecular flexibility index (Phi) is 10.8. The van der Waals surface area contributed by atoms with Gasteiger partial charge in [-0.2, -0.15) is 0 Å². The monoisotopic (exact) mass is 490 g/mol. The Balaban J connectivity index is 0.00000288. The van der Waals surface area contributed by atoms with Crippen LogP contribution in [0.1, 0.15) is 27.7 Å². The second-order valence-electron chi connectivity index (χ2n) is 8.40. The number of halogens is 2. The topological polar surface area (TPSA) is 0 Å². The van der Waals surface area contributed by atoms with Crippen LogP contribution in [0.4, 0.5) is 0 Å². The molecule has 0 bridgehead atoms. The molecule has 0 saturated carbocycles. The van der Waals surface area contributed by atoms with Crippen molar-refractivity contribution in [2.75, 3.05) is 0 Å². The molecular weight excluding hydrogens is 459 g/mol. The van der Waals surface area contributed by atoms with E-state index in [1.165, 1.54) is 0 Å². The molecule has 5 heteroatoms. The average Bonchev–Trinajstić information content (AvgIpc) is 3.03. The van der Waals surface area contributed by atoms with Crippen molar-refractivity contribution in [3.05, 3.63) is 46.7 Å². The summed E-state index contributed by atoms with van der Waals surface area (Å²) in [6.07, 6.45) is 12.8. The summed E-state index contributed by atoms with van der Waals surface area (Å²) in [7, 11) is -1.44. The van der Waals surface area contributed by atoms with Crippen molar-refractivity contribution >= 4 is 17.6 Å². The van der Waals surface area contributed by atoms with Crippen LogP contribution in [-0.4, -0.2) is 17.6 Å². The van der Waals surface area contributed by atoms with E-state index in [0.717, 1.165) is 3.63 Å². The predicted molar refractivity (Wildman–Crippen MR) is 107 cm³/mol. The van der Waals surface area contributed by atoms with Crippen molar-refractivity contribution in [2.45, 2.75) is 60.3 Å². The van der Waals surface area contributed by atoms with Gasteiger partial charge in [-0.3, -0.25) is 0 Å². The number of rotatable bonds is 6. The van der Waals surface area contributed by atoms with Gasteiger partial charge in [-0.25, -0.2) is 0 Å². The molecule has 2 aliphatic rings. The minimum atomic E-state index is -0.734. The summed E-state index contributed by atoms with van der Waals surface area (Å²) in [5.74, 6) is 1.38. The van der Waals surface area contributed by atoms with Crippen molar-refractivity contribution in [1.82, 2.24) is 0 Å². The zero-order chi connectivity index (χ0) is 17.4. The van der Waals surface area contributed by atoms with E-state index < -0.39 is 40.8 Å². The summed E-state index contributed by atoms with van der Waals surface area (Å²) in [6, 6.07) is 0. The maximum Gasteiger partial charge on any atom is -1.00 e. The molecule has 0 N–H and O–H groups in total. The first-order chi connectivity index (χ1) is 10.7. The molecule has 140 valence electrons. The third-order valence-electron chi connectivity index (χ3n) is 5.42. The summed E-state index contributed by atoms with van der Waals surface area (Å²) in [4.78, 5) is 0. The number of allylic oxidation sites excluding steroid dienone is 8. The molecule has 0 aromatic rings. The Labute approximate surface area is 183 Å². The maximum absolute atomic E-state index is 2.68. The van der Waals surface area contributed by atoms with Gasteiger partial charge in [0.2, 0.25) is 0 Å². The molecule has 0 aliphatic heterocycles. The van der Waals surface area contributed by atoms with Gasteiger partial charge in [0.15, 0.2) is 0 Å². The van der Waals surface area contributed by atoms with Gasteiger partial charge >= 0.3 is 160 Å². The van der Waals surface area contributed by atoms with Crippen LogP contribution in [0.2, 0.25) is 32.6 Å². The summed E-state index contributed by atoms with van der Waals surface area (Å²) in [6.45, 7) is 19.8. The van der Waals surface area contributed by atoms with Crippen LogP contribution >= 0.6 is 0 Å². The normalized spacial score (nSPS) is 25.0. The van der Waals surface area contributed by atoms with Gasteiger partial charge < -0.3 is 24.8 Å². The van der Waals surface area contributed by atoms with Crippen LogP contribution in [0.25, 0.3) is 0 Å². The van der Waals surface area contributed by atoms with E-state index in [1.54, 1.807) is 11.1 Å². The van der Waals surface area contributed by atoms with Gasteiger partial charge in [-0.1, -0.05) is 0 Å². The molecule has 2 atom stereocenters. The first kappa shape index (κ1) is 25.9. The fourth-order valence-corrected chi connectivity index (χ4v) is 19.7.